The molecule has 0 aromatic carbocycles. The number of carbonyl (C=O) groups is 1. The van der Waals surface area contributed by atoms with Gasteiger partial charge >= 0.3 is 0 Å². The summed E-state index contributed by atoms with van der Waals surface area (Å²) in [6, 6.07) is -0.335. The summed E-state index contributed by atoms with van der Waals surface area (Å²) in [6.45, 7) is 2.22. The van der Waals surface area contributed by atoms with E-state index in [2.05, 4.69) is 6.92 Å². The van der Waals surface area contributed by atoms with Crippen molar-refractivity contribution >= 4 is 17.4 Å². The first-order valence-corrected chi connectivity index (χ1v) is 6.60. The zero-order valence-electron chi connectivity index (χ0n) is 9.80. The molecule has 2 N–H and O–H groups in total. The summed E-state index contributed by atoms with van der Waals surface area (Å²) in [5.41, 5.74) is 5.66. The molecular weight excluding hydrogens is 210 g/mol. The van der Waals surface area contributed by atoms with E-state index in [0.29, 0.717) is 0 Å². The summed E-state index contributed by atoms with van der Waals surface area (Å²) in [4.78, 5) is 11.1. The van der Waals surface area contributed by atoms with Crippen molar-refractivity contribution in [2.45, 2.75) is 64.3 Å². The quantitative estimate of drug-likeness (QED) is 0.465. The number of rotatable bonds is 10. The molecular formula is C12H24ClNO. The van der Waals surface area contributed by atoms with E-state index in [0.717, 1.165) is 12.8 Å². The SMILES string of the molecule is CCCCCCCCCC(N)C(=O)CCl. The fourth-order valence-electron chi connectivity index (χ4n) is 1.58. The minimum atomic E-state index is -0.335. The first-order valence-electron chi connectivity index (χ1n) is 6.06. The molecule has 0 aliphatic rings. The lowest BCUT2D eigenvalue weighted by Gasteiger charge is -2.07. The molecule has 0 rings (SSSR count). The molecule has 0 aromatic heterocycles. The second-order valence-corrected chi connectivity index (χ2v) is 4.38. The maximum Gasteiger partial charge on any atom is 0.164 e. The van der Waals surface area contributed by atoms with Crippen LogP contribution < -0.4 is 5.73 Å². The van der Waals surface area contributed by atoms with E-state index in [1.165, 1.54) is 38.5 Å². The minimum Gasteiger partial charge on any atom is -0.321 e. The molecule has 1 unspecified atom stereocenters. The second kappa shape index (κ2) is 10.4. The topological polar surface area (TPSA) is 43.1 Å². The van der Waals surface area contributed by atoms with Crippen LogP contribution in [0.15, 0.2) is 0 Å². The highest BCUT2D eigenvalue weighted by Gasteiger charge is 2.10. The number of Topliss-reactive ketones (excluding diaryl/α,β-unsaturated/α-hetero) is 1. The van der Waals surface area contributed by atoms with Crippen molar-refractivity contribution in [3.05, 3.63) is 0 Å². The molecule has 0 saturated heterocycles. The van der Waals surface area contributed by atoms with Gasteiger partial charge in [0.25, 0.3) is 0 Å². The van der Waals surface area contributed by atoms with Gasteiger partial charge in [0.15, 0.2) is 5.78 Å². The Morgan fingerprint density at radius 3 is 2.20 bits per heavy atom. The molecule has 90 valence electrons. The normalized spacial score (nSPS) is 12.7. The Labute approximate surface area is 98.6 Å². The number of nitrogens with two attached hydrogens (primary N) is 1. The summed E-state index contributed by atoms with van der Waals surface area (Å²) in [5.74, 6) is 0.0279. The summed E-state index contributed by atoms with van der Waals surface area (Å²) < 4.78 is 0. The molecule has 15 heavy (non-hydrogen) atoms. The Kier molecular flexibility index (Phi) is 10.4. The maximum absolute atomic E-state index is 11.1. The third-order valence-corrected chi connectivity index (χ3v) is 2.93. The van der Waals surface area contributed by atoms with E-state index >= 15 is 0 Å². The van der Waals surface area contributed by atoms with Crippen molar-refractivity contribution in [3.63, 3.8) is 0 Å². The van der Waals surface area contributed by atoms with Crippen molar-refractivity contribution in [2.75, 3.05) is 5.88 Å². The zero-order valence-corrected chi connectivity index (χ0v) is 10.6. The van der Waals surface area contributed by atoms with Crippen molar-refractivity contribution < 1.29 is 4.79 Å². The van der Waals surface area contributed by atoms with E-state index in [4.69, 9.17) is 17.3 Å². The Hall–Kier alpha value is -0.0800. The third kappa shape index (κ3) is 8.88. The van der Waals surface area contributed by atoms with Crippen LogP contribution in [0, 0.1) is 0 Å². The van der Waals surface area contributed by atoms with Gasteiger partial charge in [-0.2, -0.15) is 0 Å². The fraction of sp³-hybridized carbons (Fsp3) is 0.917. The highest BCUT2D eigenvalue weighted by Crippen LogP contribution is 2.09. The number of halogens is 1. The molecule has 0 spiro atoms. The van der Waals surface area contributed by atoms with Gasteiger partial charge in [0, 0.05) is 0 Å². The van der Waals surface area contributed by atoms with Crippen molar-refractivity contribution in [3.8, 4) is 0 Å². The highest BCUT2D eigenvalue weighted by molar-refractivity contribution is 6.28. The molecule has 0 aromatic rings. The molecule has 0 fully saturated rings. The Morgan fingerprint density at radius 1 is 1.13 bits per heavy atom. The van der Waals surface area contributed by atoms with Crippen LogP contribution in [0.2, 0.25) is 0 Å². The van der Waals surface area contributed by atoms with E-state index in [-0.39, 0.29) is 17.7 Å². The van der Waals surface area contributed by atoms with Gasteiger partial charge in [-0.25, -0.2) is 0 Å². The predicted molar refractivity (Wildman–Crippen MR) is 66.3 cm³/mol. The number of alkyl halides is 1. The summed E-state index contributed by atoms with van der Waals surface area (Å²) in [7, 11) is 0. The number of carbonyl (C=O) groups excluding carboxylic acids is 1. The third-order valence-electron chi connectivity index (χ3n) is 2.66. The van der Waals surface area contributed by atoms with E-state index in [1.54, 1.807) is 0 Å². The molecule has 0 saturated carbocycles. The number of unbranched alkanes of at least 4 members (excludes halogenated alkanes) is 6. The van der Waals surface area contributed by atoms with Crippen LogP contribution in [0.5, 0.6) is 0 Å². The second-order valence-electron chi connectivity index (χ2n) is 4.12. The standard InChI is InChI=1S/C12H24ClNO/c1-2-3-4-5-6-7-8-9-11(14)12(15)10-13/h11H,2-10,14H2,1H3. The molecule has 0 heterocycles. The van der Waals surface area contributed by atoms with Gasteiger partial charge in [-0.3, -0.25) is 4.79 Å². The van der Waals surface area contributed by atoms with Crippen molar-refractivity contribution in [1.29, 1.82) is 0 Å². The molecule has 0 amide bonds. The number of ketones is 1. The molecule has 1 atom stereocenters. The Morgan fingerprint density at radius 2 is 1.67 bits per heavy atom. The van der Waals surface area contributed by atoms with Gasteiger partial charge in [0.1, 0.15) is 0 Å². The average Bonchev–Trinajstić information content (AvgIpc) is 2.26. The smallest absolute Gasteiger partial charge is 0.164 e. The van der Waals surface area contributed by atoms with Crippen LogP contribution in [0.4, 0.5) is 0 Å². The highest BCUT2D eigenvalue weighted by atomic mass is 35.5. The lowest BCUT2D eigenvalue weighted by molar-refractivity contribution is -0.118. The first kappa shape index (κ1) is 14.9. The fourth-order valence-corrected chi connectivity index (χ4v) is 1.78. The van der Waals surface area contributed by atoms with Gasteiger partial charge in [-0.05, 0) is 6.42 Å². The van der Waals surface area contributed by atoms with E-state index in [1.807, 2.05) is 0 Å². The van der Waals surface area contributed by atoms with E-state index in [9.17, 15) is 4.79 Å². The van der Waals surface area contributed by atoms with Crippen LogP contribution in [0.1, 0.15) is 58.3 Å². The largest absolute Gasteiger partial charge is 0.321 e. The van der Waals surface area contributed by atoms with Gasteiger partial charge in [-0.15, -0.1) is 11.6 Å². The minimum absolute atomic E-state index is 0.0253. The Balaban J connectivity index is 3.20. The lowest BCUT2D eigenvalue weighted by Crippen LogP contribution is -2.31. The molecule has 0 radical (unpaired) electrons. The van der Waals surface area contributed by atoms with Crippen LogP contribution in [-0.2, 0) is 4.79 Å². The average molecular weight is 234 g/mol. The Bertz CT molecular complexity index is 162. The van der Waals surface area contributed by atoms with Crippen LogP contribution in [0.3, 0.4) is 0 Å². The lowest BCUT2D eigenvalue weighted by atomic mass is 10.0. The van der Waals surface area contributed by atoms with Crippen LogP contribution in [0.25, 0.3) is 0 Å². The zero-order chi connectivity index (χ0) is 11.5. The van der Waals surface area contributed by atoms with Gasteiger partial charge < -0.3 is 5.73 Å². The molecule has 2 nitrogen and oxygen atoms in total. The molecule has 0 bridgehead atoms. The van der Waals surface area contributed by atoms with Crippen molar-refractivity contribution in [2.24, 2.45) is 5.73 Å². The number of hydrogen-bond acceptors (Lipinski definition) is 2. The number of hydrogen-bond donors (Lipinski definition) is 1. The summed E-state index contributed by atoms with van der Waals surface area (Å²) in [6.07, 6.45) is 9.57. The molecule has 0 aliphatic heterocycles. The van der Waals surface area contributed by atoms with Crippen molar-refractivity contribution in [1.82, 2.24) is 0 Å². The summed E-state index contributed by atoms with van der Waals surface area (Å²) >= 11 is 5.41. The van der Waals surface area contributed by atoms with Gasteiger partial charge in [0.05, 0.1) is 11.9 Å². The molecule has 0 aliphatic carbocycles. The van der Waals surface area contributed by atoms with Gasteiger partial charge in [0.2, 0.25) is 0 Å². The first-order chi connectivity index (χ1) is 7.22. The van der Waals surface area contributed by atoms with Crippen LogP contribution in [-0.4, -0.2) is 17.7 Å². The summed E-state index contributed by atoms with van der Waals surface area (Å²) in [5, 5.41) is 0. The maximum atomic E-state index is 11.1. The van der Waals surface area contributed by atoms with Crippen LogP contribution >= 0.6 is 11.6 Å². The van der Waals surface area contributed by atoms with Gasteiger partial charge in [-0.1, -0.05) is 51.9 Å². The predicted octanol–water partition coefficient (Wildman–Crippen LogP) is 3.26. The monoisotopic (exact) mass is 233 g/mol. The van der Waals surface area contributed by atoms with E-state index < -0.39 is 0 Å². The molecule has 3 heteroatoms.